The van der Waals surface area contributed by atoms with Crippen LogP contribution in [-0.2, 0) is 11.2 Å². The fraction of sp³-hybridized carbons (Fsp3) is 0.500. The molecule has 1 aromatic rings. The van der Waals surface area contributed by atoms with Crippen LogP contribution in [-0.4, -0.2) is 25.6 Å². The SMILES string of the molecule is CCNC(=O)CCOc1ccc2c(c1)NCCC2. The Morgan fingerprint density at radius 1 is 1.50 bits per heavy atom. The van der Waals surface area contributed by atoms with Crippen molar-refractivity contribution in [3.8, 4) is 5.75 Å². The third-order valence-corrected chi connectivity index (χ3v) is 2.99. The summed E-state index contributed by atoms with van der Waals surface area (Å²) in [4.78, 5) is 11.3. The zero-order valence-corrected chi connectivity index (χ0v) is 10.8. The van der Waals surface area contributed by atoms with Crippen LogP contribution in [0.1, 0.15) is 25.3 Å². The number of hydrogen-bond donors (Lipinski definition) is 2. The summed E-state index contributed by atoms with van der Waals surface area (Å²) >= 11 is 0. The highest BCUT2D eigenvalue weighted by atomic mass is 16.5. The van der Waals surface area contributed by atoms with E-state index in [4.69, 9.17) is 4.74 Å². The van der Waals surface area contributed by atoms with Crippen molar-refractivity contribution in [1.29, 1.82) is 0 Å². The molecule has 0 saturated carbocycles. The lowest BCUT2D eigenvalue weighted by Gasteiger charge is -2.18. The minimum Gasteiger partial charge on any atom is -0.493 e. The first-order valence-corrected chi connectivity index (χ1v) is 6.56. The monoisotopic (exact) mass is 248 g/mol. The largest absolute Gasteiger partial charge is 0.493 e. The van der Waals surface area contributed by atoms with Crippen LogP contribution in [0.4, 0.5) is 5.69 Å². The molecule has 0 aliphatic carbocycles. The summed E-state index contributed by atoms with van der Waals surface area (Å²) in [6, 6.07) is 6.10. The standard InChI is InChI=1S/C14H20N2O2/c1-2-15-14(17)7-9-18-12-6-5-11-4-3-8-16-13(11)10-12/h5-6,10,16H,2-4,7-9H2,1H3,(H,15,17). The van der Waals surface area contributed by atoms with Crippen LogP contribution in [0, 0.1) is 0 Å². The number of rotatable bonds is 5. The first-order valence-electron chi connectivity index (χ1n) is 6.56. The van der Waals surface area contributed by atoms with E-state index in [1.807, 2.05) is 19.1 Å². The normalized spacial score (nSPS) is 13.4. The summed E-state index contributed by atoms with van der Waals surface area (Å²) in [5.74, 6) is 0.862. The van der Waals surface area contributed by atoms with Crippen molar-refractivity contribution >= 4 is 11.6 Å². The third kappa shape index (κ3) is 3.39. The number of ether oxygens (including phenoxy) is 1. The van der Waals surface area contributed by atoms with E-state index in [1.165, 1.54) is 12.0 Å². The van der Waals surface area contributed by atoms with Crippen LogP contribution in [0.2, 0.25) is 0 Å². The minimum atomic E-state index is 0.0357. The van der Waals surface area contributed by atoms with Crippen molar-refractivity contribution in [1.82, 2.24) is 5.32 Å². The zero-order valence-electron chi connectivity index (χ0n) is 10.8. The maximum Gasteiger partial charge on any atom is 0.223 e. The number of amides is 1. The molecule has 0 fully saturated rings. The molecule has 1 aromatic carbocycles. The van der Waals surface area contributed by atoms with E-state index >= 15 is 0 Å². The van der Waals surface area contributed by atoms with Gasteiger partial charge in [0, 0.05) is 24.8 Å². The third-order valence-electron chi connectivity index (χ3n) is 2.99. The Morgan fingerprint density at radius 3 is 3.22 bits per heavy atom. The first-order chi connectivity index (χ1) is 8.79. The summed E-state index contributed by atoms with van der Waals surface area (Å²) < 4.78 is 5.59. The fourth-order valence-corrected chi connectivity index (χ4v) is 2.08. The Morgan fingerprint density at radius 2 is 2.39 bits per heavy atom. The zero-order chi connectivity index (χ0) is 12.8. The molecule has 4 heteroatoms. The van der Waals surface area contributed by atoms with Crippen molar-refractivity contribution in [3.63, 3.8) is 0 Å². The lowest BCUT2D eigenvalue weighted by Crippen LogP contribution is -2.24. The van der Waals surface area contributed by atoms with E-state index in [1.54, 1.807) is 0 Å². The summed E-state index contributed by atoms with van der Waals surface area (Å²) in [5.41, 5.74) is 2.51. The molecule has 0 atom stereocenters. The molecule has 0 aromatic heterocycles. The molecule has 2 N–H and O–H groups in total. The number of anilines is 1. The van der Waals surface area contributed by atoms with Crippen LogP contribution in [0.5, 0.6) is 5.75 Å². The Bertz CT molecular complexity index is 418. The number of nitrogens with one attached hydrogen (secondary N) is 2. The summed E-state index contributed by atoms with van der Waals surface area (Å²) in [6.45, 7) is 4.02. The molecule has 1 heterocycles. The predicted octanol–water partition coefficient (Wildman–Crippen LogP) is 1.95. The van der Waals surface area contributed by atoms with Gasteiger partial charge in [-0.25, -0.2) is 0 Å². The van der Waals surface area contributed by atoms with Gasteiger partial charge in [-0.2, -0.15) is 0 Å². The van der Waals surface area contributed by atoms with Gasteiger partial charge in [-0.1, -0.05) is 6.07 Å². The molecule has 98 valence electrons. The molecule has 1 aliphatic heterocycles. The van der Waals surface area contributed by atoms with Crippen LogP contribution in [0.25, 0.3) is 0 Å². The van der Waals surface area contributed by atoms with E-state index in [-0.39, 0.29) is 5.91 Å². The average Bonchev–Trinajstić information content (AvgIpc) is 2.39. The van der Waals surface area contributed by atoms with E-state index in [2.05, 4.69) is 16.7 Å². The van der Waals surface area contributed by atoms with Gasteiger partial charge in [0.25, 0.3) is 0 Å². The lowest BCUT2D eigenvalue weighted by molar-refractivity contribution is -0.121. The second-order valence-corrected chi connectivity index (χ2v) is 4.40. The Hall–Kier alpha value is -1.71. The average molecular weight is 248 g/mol. The highest BCUT2D eigenvalue weighted by molar-refractivity contribution is 5.75. The minimum absolute atomic E-state index is 0.0357. The molecular formula is C14H20N2O2. The Kier molecular flexibility index (Phi) is 4.45. The van der Waals surface area contributed by atoms with Crippen molar-refractivity contribution in [2.45, 2.75) is 26.2 Å². The van der Waals surface area contributed by atoms with Gasteiger partial charge in [-0.05, 0) is 31.4 Å². The van der Waals surface area contributed by atoms with Gasteiger partial charge in [0.05, 0.1) is 13.0 Å². The topological polar surface area (TPSA) is 50.4 Å². The van der Waals surface area contributed by atoms with Gasteiger partial charge in [-0.3, -0.25) is 4.79 Å². The molecule has 2 rings (SSSR count). The molecule has 0 bridgehead atoms. The number of fused-ring (bicyclic) bond motifs is 1. The maximum absolute atomic E-state index is 11.3. The van der Waals surface area contributed by atoms with Crippen molar-refractivity contribution < 1.29 is 9.53 Å². The van der Waals surface area contributed by atoms with E-state index in [9.17, 15) is 4.79 Å². The fourth-order valence-electron chi connectivity index (χ4n) is 2.08. The van der Waals surface area contributed by atoms with Crippen LogP contribution >= 0.6 is 0 Å². The number of carbonyl (C=O) groups is 1. The van der Waals surface area contributed by atoms with Crippen LogP contribution < -0.4 is 15.4 Å². The number of carbonyl (C=O) groups excluding carboxylic acids is 1. The van der Waals surface area contributed by atoms with Gasteiger partial charge in [0.1, 0.15) is 5.75 Å². The smallest absolute Gasteiger partial charge is 0.223 e. The summed E-state index contributed by atoms with van der Waals surface area (Å²) in [5, 5.41) is 6.11. The molecule has 0 spiro atoms. The van der Waals surface area contributed by atoms with Crippen LogP contribution in [0.3, 0.4) is 0 Å². The highest BCUT2D eigenvalue weighted by Crippen LogP contribution is 2.26. The van der Waals surface area contributed by atoms with Gasteiger partial charge in [0.2, 0.25) is 5.91 Å². The predicted molar refractivity (Wildman–Crippen MR) is 72.0 cm³/mol. The Labute approximate surface area is 108 Å². The van der Waals surface area contributed by atoms with Gasteiger partial charge in [0.15, 0.2) is 0 Å². The Balaban J connectivity index is 1.84. The highest BCUT2D eigenvalue weighted by Gasteiger charge is 2.09. The van der Waals surface area contributed by atoms with E-state index < -0.39 is 0 Å². The summed E-state index contributed by atoms with van der Waals surface area (Å²) in [6.07, 6.45) is 2.71. The molecular weight excluding hydrogens is 228 g/mol. The maximum atomic E-state index is 11.3. The lowest BCUT2D eigenvalue weighted by atomic mass is 10.0. The quantitative estimate of drug-likeness (QED) is 0.837. The first kappa shape index (κ1) is 12.7. The van der Waals surface area contributed by atoms with Crippen molar-refractivity contribution in [2.24, 2.45) is 0 Å². The molecule has 18 heavy (non-hydrogen) atoms. The van der Waals surface area contributed by atoms with E-state index in [0.717, 1.165) is 24.4 Å². The number of aryl methyl sites for hydroxylation is 1. The molecule has 0 radical (unpaired) electrons. The summed E-state index contributed by atoms with van der Waals surface area (Å²) in [7, 11) is 0. The van der Waals surface area contributed by atoms with Gasteiger partial charge in [-0.15, -0.1) is 0 Å². The molecule has 1 aliphatic rings. The second-order valence-electron chi connectivity index (χ2n) is 4.40. The van der Waals surface area contributed by atoms with Crippen LogP contribution in [0.15, 0.2) is 18.2 Å². The molecule has 1 amide bonds. The van der Waals surface area contributed by atoms with Gasteiger partial charge < -0.3 is 15.4 Å². The van der Waals surface area contributed by atoms with Gasteiger partial charge >= 0.3 is 0 Å². The second kappa shape index (κ2) is 6.28. The number of hydrogen-bond acceptors (Lipinski definition) is 3. The van der Waals surface area contributed by atoms with E-state index in [0.29, 0.717) is 19.6 Å². The number of benzene rings is 1. The molecule has 4 nitrogen and oxygen atoms in total. The molecule has 0 unspecified atom stereocenters. The molecule has 0 saturated heterocycles. The van der Waals surface area contributed by atoms with Crippen molar-refractivity contribution in [3.05, 3.63) is 23.8 Å². The van der Waals surface area contributed by atoms with Crippen molar-refractivity contribution in [2.75, 3.05) is 25.0 Å².